The van der Waals surface area contributed by atoms with Gasteiger partial charge in [-0.05, 0) is 64.3 Å². The zero-order valence-corrected chi connectivity index (χ0v) is 19.4. The molecule has 29 heavy (non-hydrogen) atoms. The Labute approximate surface area is 187 Å². The van der Waals surface area contributed by atoms with Crippen molar-refractivity contribution in [3.8, 4) is 23.0 Å². The first-order valence-electron chi connectivity index (χ1n) is 9.79. The maximum atomic E-state index is 6.04. The highest BCUT2D eigenvalue weighted by Crippen LogP contribution is 2.38. The summed E-state index contributed by atoms with van der Waals surface area (Å²) in [6, 6.07) is 9.93. The standard InChI is InChI=1S/C22H28BrNO4.ClH/c1-3-4-5-6-9-24-13-17-10-18(23)22(21(12-17)25-2)26-14-16-7-8-19-20(11-16)28-15-27-19;/h7-8,10-12,24H,3-6,9,13-15H2,1-2H3;1H. The van der Waals surface area contributed by atoms with E-state index in [2.05, 4.69) is 34.2 Å². The number of benzene rings is 2. The Balaban J connectivity index is 0.00000300. The molecule has 0 aromatic heterocycles. The Morgan fingerprint density at radius 2 is 1.86 bits per heavy atom. The number of hydrogen-bond acceptors (Lipinski definition) is 5. The van der Waals surface area contributed by atoms with E-state index >= 15 is 0 Å². The third-order valence-corrected chi connectivity index (χ3v) is 5.23. The van der Waals surface area contributed by atoms with Crippen molar-refractivity contribution in [2.45, 2.75) is 45.8 Å². The smallest absolute Gasteiger partial charge is 0.231 e. The first kappa shape index (κ1) is 23.6. The molecule has 1 N–H and O–H groups in total. The molecule has 160 valence electrons. The van der Waals surface area contributed by atoms with Crippen molar-refractivity contribution < 1.29 is 18.9 Å². The number of methoxy groups -OCH3 is 1. The Hall–Kier alpha value is -1.63. The van der Waals surface area contributed by atoms with Crippen LogP contribution in [0, 0.1) is 0 Å². The van der Waals surface area contributed by atoms with Gasteiger partial charge in [-0.25, -0.2) is 0 Å². The van der Waals surface area contributed by atoms with Gasteiger partial charge in [0.15, 0.2) is 23.0 Å². The molecule has 5 nitrogen and oxygen atoms in total. The molecule has 0 radical (unpaired) electrons. The van der Waals surface area contributed by atoms with Gasteiger partial charge in [0, 0.05) is 6.54 Å². The van der Waals surface area contributed by atoms with Crippen molar-refractivity contribution in [1.82, 2.24) is 5.32 Å². The van der Waals surface area contributed by atoms with E-state index in [-0.39, 0.29) is 19.2 Å². The van der Waals surface area contributed by atoms with Gasteiger partial charge in [-0.1, -0.05) is 32.3 Å². The first-order chi connectivity index (χ1) is 13.7. The van der Waals surface area contributed by atoms with E-state index in [9.17, 15) is 0 Å². The molecule has 1 heterocycles. The summed E-state index contributed by atoms with van der Waals surface area (Å²) in [5.74, 6) is 2.95. The maximum absolute atomic E-state index is 6.04. The fraction of sp³-hybridized carbons (Fsp3) is 0.455. The van der Waals surface area contributed by atoms with E-state index in [0.29, 0.717) is 12.4 Å². The topological polar surface area (TPSA) is 49.0 Å². The van der Waals surface area contributed by atoms with E-state index in [4.69, 9.17) is 18.9 Å². The molecule has 3 rings (SSSR count). The minimum atomic E-state index is 0. The molecular weight excluding hydrogens is 458 g/mol. The monoisotopic (exact) mass is 485 g/mol. The molecule has 0 fully saturated rings. The summed E-state index contributed by atoms with van der Waals surface area (Å²) in [6.45, 7) is 4.76. The predicted molar refractivity (Wildman–Crippen MR) is 121 cm³/mol. The summed E-state index contributed by atoms with van der Waals surface area (Å²) in [7, 11) is 1.66. The van der Waals surface area contributed by atoms with Crippen LogP contribution in [0.3, 0.4) is 0 Å². The van der Waals surface area contributed by atoms with Gasteiger partial charge in [-0.15, -0.1) is 12.4 Å². The van der Waals surface area contributed by atoms with Crippen LogP contribution in [0.4, 0.5) is 0 Å². The van der Waals surface area contributed by atoms with Crippen LogP contribution >= 0.6 is 28.3 Å². The van der Waals surface area contributed by atoms with Gasteiger partial charge in [0.2, 0.25) is 6.79 Å². The molecule has 0 atom stereocenters. The molecule has 0 unspecified atom stereocenters. The normalized spacial score (nSPS) is 11.8. The second-order valence-electron chi connectivity index (χ2n) is 6.82. The summed E-state index contributed by atoms with van der Waals surface area (Å²) in [5, 5.41) is 3.50. The Bertz CT molecular complexity index is 788. The van der Waals surface area contributed by atoms with Crippen molar-refractivity contribution >= 4 is 28.3 Å². The van der Waals surface area contributed by atoms with Gasteiger partial charge in [-0.3, -0.25) is 0 Å². The quantitative estimate of drug-likeness (QED) is 0.403. The summed E-state index contributed by atoms with van der Waals surface area (Å²) in [4.78, 5) is 0. The lowest BCUT2D eigenvalue weighted by Crippen LogP contribution is -2.14. The van der Waals surface area contributed by atoms with Crippen molar-refractivity contribution in [3.63, 3.8) is 0 Å². The number of hydrogen-bond donors (Lipinski definition) is 1. The van der Waals surface area contributed by atoms with Gasteiger partial charge in [0.05, 0.1) is 11.6 Å². The maximum Gasteiger partial charge on any atom is 0.231 e. The fourth-order valence-corrected chi connectivity index (χ4v) is 3.71. The van der Waals surface area contributed by atoms with E-state index in [1.54, 1.807) is 7.11 Å². The van der Waals surface area contributed by atoms with Crippen molar-refractivity contribution in [2.75, 3.05) is 20.4 Å². The first-order valence-corrected chi connectivity index (χ1v) is 10.6. The fourth-order valence-electron chi connectivity index (χ4n) is 3.11. The van der Waals surface area contributed by atoms with Gasteiger partial charge < -0.3 is 24.3 Å². The third-order valence-electron chi connectivity index (χ3n) is 4.65. The van der Waals surface area contributed by atoms with Crippen LogP contribution in [0.2, 0.25) is 0 Å². The van der Waals surface area contributed by atoms with Gasteiger partial charge in [0.25, 0.3) is 0 Å². The van der Waals surface area contributed by atoms with E-state index in [0.717, 1.165) is 45.9 Å². The summed E-state index contributed by atoms with van der Waals surface area (Å²) >= 11 is 3.63. The molecule has 0 saturated carbocycles. The second-order valence-corrected chi connectivity index (χ2v) is 7.68. The molecular formula is C22H29BrClNO4. The van der Waals surface area contributed by atoms with Crippen LogP contribution in [0.15, 0.2) is 34.8 Å². The summed E-state index contributed by atoms with van der Waals surface area (Å²) in [6.07, 6.45) is 5.06. The number of unbranched alkanes of at least 4 members (excludes halogenated alkanes) is 3. The molecule has 1 aliphatic heterocycles. The number of nitrogens with one attached hydrogen (secondary N) is 1. The van der Waals surface area contributed by atoms with Crippen LogP contribution in [-0.4, -0.2) is 20.4 Å². The number of ether oxygens (including phenoxy) is 4. The Morgan fingerprint density at radius 1 is 1.03 bits per heavy atom. The summed E-state index contributed by atoms with van der Waals surface area (Å²) in [5.41, 5.74) is 2.17. The molecule has 0 saturated heterocycles. The zero-order chi connectivity index (χ0) is 19.8. The van der Waals surface area contributed by atoms with Gasteiger partial charge in [0.1, 0.15) is 6.61 Å². The highest BCUT2D eigenvalue weighted by Gasteiger charge is 2.15. The van der Waals surface area contributed by atoms with Crippen LogP contribution in [0.25, 0.3) is 0 Å². The number of halogens is 2. The Kier molecular flexibility index (Phi) is 9.91. The average molecular weight is 487 g/mol. The van der Waals surface area contributed by atoms with Gasteiger partial charge in [-0.2, -0.15) is 0 Å². The summed E-state index contributed by atoms with van der Waals surface area (Å²) < 4.78 is 23.3. The lowest BCUT2D eigenvalue weighted by Gasteiger charge is -2.15. The number of rotatable bonds is 11. The lowest BCUT2D eigenvalue weighted by atomic mass is 10.1. The van der Waals surface area contributed by atoms with E-state index < -0.39 is 0 Å². The molecule has 7 heteroatoms. The highest BCUT2D eigenvalue weighted by atomic mass is 79.9. The van der Waals surface area contributed by atoms with Gasteiger partial charge >= 0.3 is 0 Å². The second kappa shape index (κ2) is 12.2. The average Bonchev–Trinajstić information content (AvgIpc) is 3.17. The molecule has 2 aromatic carbocycles. The SMILES string of the molecule is CCCCCCNCc1cc(Br)c(OCc2ccc3c(c2)OCO3)c(OC)c1.Cl. The van der Waals surface area contributed by atoms with E-state index in [1.165, 1.54) is 25.7 Å². The molecule has 2 aromatic rings. The minimum absolute atomic E-state index is 0. The van der Waals surface area contributed by atoms with Crippen LogP contribution in [0.5, 0.6) is 23.0 Å². The van der Waals surface area contributed by atoms with Crippen molar-refractivity contribution in [1.29, 1.82) is 0 Å². The van der Waals surface area contributed by atoms with Crippen LogP contribution < -0.4 is 24.3 Å². The molecule has 0 spiro atoms. The molecule has 1 aliphatic rings. The van der Waals surface area contributed by atoms with Crippen molar-refractivity contribution in [2.24, 2.45) is 0 Å². The lowest BCUT2D eigenvalue weighted by molar-refractivity contribution is 0.174. The molecule has 0 aliphatic carbocycles. The van der Waals surface area contributed by atoms with Crippen LogP contribution in [-0.2, 0) is 13.2 Å². The predicted octanol–water partition coefficient (Wildman–Crippen LogP) is 5.86. The largest absolute Gasteiger partial charge is 0.493 e. The molecule has 0 bridgehead atoms. The van der Waals surface area contributed by atoms with E-state index in [1.807, 2.05) is 24.3 Å². The van der Waals surface area contributed by atoms with Crippen molar-refractivity contribution in [3.05, 3.63) is 45.9 Å². The molecule has 0 amide bonds. The van der Waals surface area contributed by atoms with Crippen LogP contribution in [0.1, 0.15) is 43.7 Å². The minimum Gasteiger partial charge on any atom is -0.493 e. The Morgan fingerprint density at radius 3 is 2.66 bits per heavy atom. The third kappa shape index (κ3) is 6.69. The number of fused-ring (bicyclic) bond motifs is 1. The highest BCUT2D eigenvalue weighted by molar-refractivity contribution is 9.10. The zero-order valence-electron chi connectivity index (χ0n) is 17.0.